The van der Waals surface area contributed by atoms with Gasteiger partial charge in [-0.25, -0.2) is 9.67 Å². The van der Waals surface area contributed by atoms with Crippen molar-refractivity contribution in [2.45, 2.75) is 64.8 Å². The number of carbonyl (C=O) groups is 1. The Hall–Kier alpha value is -1.39. The molecule has 0 atom stereocenters. The van der Waals surface area contributed by atoms with E-state index < -0.39 is 11.4 Å². The van der Waals surface area contributed by atoms with Crippen LogP contribution in [0.1, 0.15) is 64.2 Å². The number of nitrogens with zero attached hydrogens (tertiary/aromatic N) is 3. The van der Waals surface area contributed by atoms with Crippen LogP contribution in [0.5, 0.6) is 0 Å². The van der Waals surface area contributed by atoms with Crippen molar-refractivity contribution in [1.29, 1.82) is 0 Å². The van der Waals surface area contributed by atoms with Crippen molar-refractivity contribution in [1.82, 2.24) is 14.8 Å². The van der Waals surface area contributed by atoms with E-state index in [1.54, 1.807) is 0 Å². The lowest BCUT2D eigenvalue weighted by Gasteiger charge is -2.28. The summed E-state index contributed by atoms with van der Waals surface area (Å²) >= 11 is 0. The topological polar surface area (TPSA) is 68.0 Å². The van der Waals surface area contributed by atoms with E-state index in [1.807, 2.05) is 18.5 Å². The zero-order valence-corrected chi connectivity index (χ0v) is 11.8. The van der Waals surface area contributed by atoms with Gasteiger partial charge in [-0.3, -0.25) is 4.79 Å². The molecule has 0 bridgehead atoms. The van der Waals surface area contributed by atoms with Gasteiger partial charge >= 0.3 is 5.97 Å². The first-order chi connectivity index (χ1) is 9.05. The molecule has 1 aliphatic carbocycles. The average Bonchev–Trinajstić information content (AvgIpc) is 2.67. The van der Waals surface area contributed by atoms with Crippen LogP contribution < -0.4 is 0 Å². The Bertz CT molecular complexity index is 432. The van der Waals surface area contributed by atoms with Gasteiger partial charge in [-0.1, -0.05) is 25.7 Å². The SMILES string of the molecule is CC(C)n1ncnc1CC1(C(=O)O)CCCCCC1. The van der Waals surface area contributed by atoms with Gasteiger partial charge in [-0.2, -0.15) is 5.10 Å². The molecular formula is C14H23N3O2. The van der Waals surface area contributed by atoms with Crippen LogP contribution in [-0.4, -0.2) is 25.8 Å². The molecule has 1 N–H and O–H groups in total. The van der Waals surface area contributed by atoms with Gasteiger partial charge in [0.25, 0.3) is 0 Å². The number of hydrogen-bond donors (Lipinski definition) is 1. The second-order valence-corrected chi connectivity index (χ2v) is 5.89. The highest BCUT2D eigenvalue weighted by atomic mass is 16.4. The molecule has 1 heterocycles. The summed E-state index contributed by atoms with van der Waals surface area (Å²) in [5, 5.41) is 13.9. The summed E-state index contributed by atoms with van der Waals surface area (Å²) in [4.78, 5) is 16.1. The molecule has 5 nitrogen and oxygen atoms in total. The number of hydrogen-bond acceptors (Lipinski definition) is 3. The molecular weight excluding hydrogens is 242 g/mol. The van der Waals surface area contributed by atoms with Crippen LogP contribution in [0, 0.1) is 5.41 Å². The van der Waals surface area contributed by atoms with Crippen molar-refractivity contribution in [2.75, 3.05) is 0 Å². The monoisotopic (exact) mass is 265 g/mol. The smallest absolute Gasteiger partial charge is 0.310 e. The molecule has 1 aliphatic rings. The first-order valence-electron chi connectivity index (χ1n) is 7.17. The lowest BCUT2D eigenvalue weighted by atomic mass is 9.77. The molecule has 0 radical (unpaired) electrons. The summed E-state index contributed by atoms with van der Waals surface area (Å²) in [6.45, 7) is 4.08. The zero-order valence-electron chi connectivity index (χ0n) is 11.8. The van der Waals surface area contributed by atoms with Crippen LogP contribution in [0.3, 0.4) is 0 Å². The van der Waals surface area contributed by atoms with Gasteiger partial charge in [0.2, 0.25) is 0 Å². The Morgan fingerprint density at radius 1 is 1.37 bits per heavy atom. The summed E-state index contributed by atoms with van der Waals surface area (Å²) < 4.78 is 1.84. The van der Waals surface area contributed by atoms with Crippen LogP contribution >= 0.6 is 0 Å². The molecule has 0 spiro atoms. The fourth-order valence-corrected chi connectivity index (χ4v) is 3.01. The van der Waals surface area contributed by atoms with E-state index in [-0.39, 0.29) is 6.04 Å². The summed E-state index contributed by atoms with van der Waals surface area (Å²) in [6.07, 6.45) is 7.84. The predicted molar refractivity (Wildman–Crippen MR) is 71.9 cm³/mol. The molecule has 0 amide bonds. The Labute approximate surface area is 114 Å². The summed E-state index contributed by atoms with van der Waals surface area (Å²) in [5.41, 5.74) is -0.643. The predicted octanol–water partition coefficient (Wildman–Crippen LogP) is 2.83. The lowest BCUT2D eigenvalue weighted by Crippen LogP contribution is -2.34. The van der Waals surface area contributed by atoms with E-state index in [0.29, 0.717) is 6.42 Å². The Kier molecular flexibility index (Phi) is 4.22. The average molecular weight is 265 g/mol. The normalized spacial score (nSPS) is 19.3. The minimum Gasteiger partial charge on any atom is -0.481 e. The maximum Gasteiger partial charge on any atom is 0.310 e. The first kappa shape index (κ1) is 14.0. The molecule has 0 aliphatic heterocycles. The van der Waals surface area contributed by atoms with Gasteiger partial charge in [0.1, 0.15) is 12.2 Å². The number of rotatable bonds is 4. The fraction of sp³-hybridized carbons (Fsp3) is 0.786. The Morgan fingerprint density at radius 2 is 2.00 bits per heavy atom. The number of aromatic nitrogens is 3. The molecule has 0 aromatic carbocycles. The molecule has 1 saturated carbocycles. The summed E-state index contributed by atoms with van der Waals surface area (Å²) in [6, 6.07) is 0.217. The maximum atomic E-state index is 11.8. The Balaban J connectivity index is 2.25. The van der Waals surface area contributed by atoms with E-state index in [4.69, 9.17) is 0 Å². The second kappa shape index (κ2) is 5.72. The van der Waals surface area contributed by atoms with Gasteiger partial charge < -0.3 is 5.11 Å². The second-order valence-electron chi connectivity index (χ2n) is 5.89. The minimum absolute atomic E-state index is 0.217. The van der Waals surface area contributed by atoms with Crippen LogP contribution in [0.25, 0.3) is 0 Å². The van der Waals surface area contributed by atoms with E-state index in [2.05, 4.69) is 10.1 Å². The van der Waals surface area contributed by atoms with Crippen molar-refractivity contribution in [3.63, 3.8) is 0 Å². The standard InChI is InChI=1S/C14H23N3O2/c1-11(2)17-12(15-10-16-17)9-14(13(18)19)7-5-3-4-6-8-14/h10-11H,3-9H2,1-2H3,(H,18,19). The highest BCUT2D eigenvalue weighted by Gasteiger charge is 2.40. The van der Waals surface area contributed by atoms with Gasteiger partial charge in [0.05, 0.1) is 5.41 Å². The van der Waals surface area contributed by atoms with Crippen molar-refractivity contribution < 1.29 is 9.90 Å². The van der Waals surface area contributed by atoms with Crippen LogP contribution in [0.15, 0.2) is 6.33 Å². The molecule has 1 aromatic heterocycles. The third-order valence-corrected chi connectivity index (χ3v) is 4.15. The van der Waals surface area contributed by atoms with Gasteiger partial charge in [0.15, 0.2) is 0 Å². The van der Waals surface area contributed by atoms with Crippen molar-refractivity contribution in [3.05, 3.63) is 12.2 Å². The molecule has 0 unspecified atom stereocenters. The molecule has 19 heavy (non-hydrogen) atoms. The summed E-state index contributed by atoms with van der Waals surface area (Å²) in [5.74, 6) is 0.131. The van der Waals surface area contributed by atoms with Crippen molar-refractivity contribution in [2.24, 2.45) is 5.41 Å². The van der Waals surface area contributed by atoms with E-state index >= 15 is 0 Å². The van der Waals surface area contributed by atoms with Gasteiger partial charge in [-0.15, -0.1) is 0 Å². The fourth-order valence-electron chi connectivity index (χ4n) is 3.01. The molecule has 5 heteroatoms. The van der Waals surface area contributed by atoms with E-state index in [1.165, 1.54) is 6.33 Å². The number of carboxylic acid groups (broad SMARTS) is 1. The summed E-state index contributed by atoms with van der Waals surface area (Å²) in [7, 11) is 0. The third kappa shape index (κ3) is 2.96. The highest BCUT2D eigenvalue weighted by molar-refractivity contribution is 5.75. The molecule has 106 valence electrons. The molecule has 0 saturated heterocycles. The largest absolute Gasteiger partial charge is 0.481 e. The van der Waals surface area contributed by atoms with E-state index in [0.717, 1.165) is 44.3 Å². The Morgan fingerprint density at radius 3 is 2.53 bits per heavy atom. The number of aliphatic carboxylic acids is 1. The van der Waals surface area contributed by atoms with Crippen LogP contribution in [0.2, 0.25) is 0 Å². The van der Waals surface area contributed by atoms with Gasteiger partial charge in [0, 0.05) is 12.5 Å². The van der Waals surface area contributed by atoms with Crippen molar-refractivity contribution >= 4 is 5.97 Å². The highest BCUT2D eigenvalue weighted by Crippen LogP contribution is 2.38. The quantitative estimate of drug-likeness (QED) is 0.850. The van der Waals surface area contributed by atoms with E-state index in [9.17, 15) is 9.90 Å². The van der Waals surface area contributed by atoms with Crippen molar-refractivity contribution in [3.8, 4) is 0 Å². The molecule has 1 aromatic rings. The first-order valence-corrected chi connectivity index (χ1v) is 7.17. The van der Waals surface area contributed by atoms with Gasteiger partial charge in [-0.05, 0) is 26.7 Å². The van der Waals surface area contributed by atoms with Crippen LogP contribution in [0.4, 0.5) is 0 Å². The molecule has 2 rings (SSSR count). The zero-order chi connectivity index (χ0) is 13.9. The third-order valence-electron chi connectivity index (χ3n) is 4.15. The number of carboxylic acids is 1. The lowest BCUT2D eigenvalue weighted by molar-refractivity contribution is -0.150. The maximum absolute atomic E-state index is 11.8. The minimum atomic E-state index is -0.673. The van der Waals surface area contributed by atoms with Crippen LogP contribution in [-0.2, 0) is 11.2 Å². The molecule has 1 fully saturated rings.